The molecule has 0 spiro atoms. The van der Waals surface area contributed by atoms with Gasteiger partial charge in [0.25, 0.3) is 0 Å². The van der Waals surface area contributed by atoms with Crippen LogP contribution in [-0.4, -0.2) is 71.5 Å². The van der Waals surface area contributed by atoms with Gasteiger partial charge in [0, 0.05) is 31.2 Å². The van der Waals surface area contributed by atoms with Gasteiger partial charge >= 0.3 is 6.18 Å². The van der Waals surface area contributed by atoms with Crippen molar-refractivity contribution in [1.29, 1.82) is 0 Å². The van der Waals surface area contributed by atoms with E-state index in [1.54, 1.807) is 7.11 Å². The Morgan fingerprint density at radius 2 is 2.10 bits per heavy atom. The largest absolute Gasteiger partial charge is 0.497 e. The third kappa shape index (κ3) is 6.34. The fourth-order valence-corrected chi connectivity index (χ4v) is 3.25. The summed E-state index contributed by atoms with van der Waals surface area (Å²) in [6, 6.07) is 7.32. The van der Waals surface area contributed by atoms with Crippen molar-refractivity contribution in [2.75, 3.05) is 33.3 Å². The van der Waals surface area contributed by atoms with Gasteiger partial charge in [0.05, 0.1) is 13.7 Å². The highest BCUT2D eigenvalue weighted by Gasteiger charge is 2.34. The Morgan fingerprint density at radius 1 is 1.33 bits per heavy atom. The average molecular weight is 425 g/mol. The molecule has 11 heteroatoms. The summed E-state index contributed by atoms with van der Waals surface area (Å²) in [5, 5.41) is 13.4. The van der Waals surface area contributed by atoms with Gasteiger partial charge in [-0.25, -0.2) is 9.98 Å². The summed E-state index contributed by atoms with van der Waals surface area (Å²) in [4.78, 5) is 10.3. The number of H-pyrrole nitrogens is 1. The van der Waals surface area contributed by atoms with Crippen molar-refractivity contribution < 1.29 is 17.9 Å². The summed E-state index contributed by atoms with van der Waals surface area (Å²) in [5.41, 5.74) is 0.850. The van der Waals surface area contributed by atoms with Crippen molar-refractivity contribution in [2.24, 2.45) is 4.99 Å². The SMILES string of the molecule is CCNC(=NCc1nc(-c2ccc(OC)cc2)n[nH]1)NC1CCN(CC(F)(F)F)C1. The molecule has 1 aliphatic rings. The second-order valence-corrected chi connectivity index (χ2v) is 7.01. The van der Waals surface area contributed by atoms with Crippen LogP contribution in [0.25, 0.3) is 11.4 Å². The van der Waals surface area contributed by atoms with Gasteiger partial charge in [0.1, 0.15) is 18.1 Å². The first-order valence-corrected chi connectivity index (χ1v) is 9.76. The standard InChI is InChI=1S/C19H26F3N7O/c1-3-23-18(25-14-8-9-29(11-14)12-19(20,21)22)24-10-16-26-17(28-27-16)13-4-6-15(30-2)7-5-13/h4-7,14H,3,8-12H2,1-2H3,(H2,23,24,25)(H,26,27,28). The molecule has 3 rings (SSSR count). The highest BCUT2D eigenvalue weighted by molar-refractivity contribution is 5.80. The van der Waals surface area contributed by atoms with Crippen LogP contribution in [0.15, 0.2) is 29.3 Å². The molecule has 0 amide bonds. The minimum atomic E-state index is -4.18. The molecule has 0 bridgehead atoms. The molecule has 0 aliphatic carbocycles. The number of nitrogens with one attached hydrogen (secondary N) is 3. The highest BCUT2D eigenvalue weighted by Crippen LogP contribution is 2.20. The molecule has 8 nitrogen and oxygen atoms in total. The number of alkyl halides is 3. The molecule has 0 saturated carbocycles. The number of methoxy groups -OCH3 is 1. The van der Waals surface area contributed by atoms with Gasteiger partial charge in [-0.1, -0.05) is 0 Å². The van der Waals surface area contributed by atoms with Crippen LogP contribution in [0.2, 0.25) is 0 Å². The number of benzene rings is 1. The fraction of sp³-hybridized carbons (Fsp3) is 0.526. The van der Waals surface area contributed by atoms with Crippen molar-refractivity contribution in [3.63, 3.8) is 0 Å². The van der Waals surface area contributed by atoms with Crippen molar-refractivity contribution >= 4 is 5.96 Å². The second kappa shape index (κ2) is 9.79. The number of nitrogens with zero attached hydrogens (tertiary/aromatic N) is 4. The molecule has 2 aromatic rings. The average Bonchev–Trinajstić information content (AvgIpc) is 3.34. The van der Waals surface area contributed by atoms with Gasteiger partial charge in [-0.15, -0.1) is 0 Å². The topological polar surface area (TPSA) is 90.5 Å². The molecule has 1 atom stereocenters. The lowest BCUT2D eigenvalue weighted by Crippen LogP contribution is -2.45. The van der Waals surface area contributed by atoms with Gasteiger partial charge in [0.15, 0.2) is 11.8 Å². The third-order valence-electron chi connectivity index (χ3n) is 4.63. The predicted octanol–water partition coefficient (Wildman–Crippen LogP) is 2.17. The minimum absolute atomic E-state index is 0.0882. The van der Waals surface area contributed by atoms with E-state index in [2.05, 4.69) is 30.8 Å². The molecule has 1 unspecified atom stereocenters. The molecular formula is C19H26F3N7O. The smallest absolute Gasteiger partial charge is 0.401 e. The number of aromatic amines is 1. The monoisotopic (exact) mass is 425 g/mol. The van der Waals surface area contributed by atoms with E-state index in [4.69, 9.17) is 4.74 Å². The van der Waals surface area contributed by atoms with E-state index in [0.29, 0.717) is 43.7 Å². The summed E-state index contributed by atoms with van der Waals surface area (Å²) in [6.45, 7) is 2.68. The van der Waals surface area contributed by atoms with E-state index in [0.717, 1.165) is 11.3 Å². The Labute approximate surface area is 172 Å². The van der Waals surface area contributed by atoms with Crippen LogP contribution in [0.1, 0.15) is 19.2 Å². The van der Waals surface area contributed by atoms with Crippen LogP contribution < -0.4 is 15.4 Å². The Balaban J connectivity index is 1.58. The van der Waals surface area contributed by atoms with E-state index < -0.39 is 12.7 Å². The molecule has 1 aromatic heterocycles. The third-order valence-corrected chi connectivity index (χ3v) is 4.63. The van der Waals surface area contributed by atoms with Crippen molar-refractivity contribution in [2.45, 2.75) is 32.1 Å². The number of guanidine groups is 1. The molecule has 1 aliphatic heterocycles. The maximum Gasteiger partial charge on any atom is 0.401 e. The van der Waals surface area contributed by atoms with Crippen LogP contribution in [0.3, 0.4) is 0 Å². The zero-order valence-corrected chi connectivity index (χ0v) is 17.0. The maximum atomic E-state index is 12.6. The van der Waals surface area contributed by atoms with Gasteiger partial charge in [-0.05, 0) is 37.6 Å². The summed E-state index contributed by atoms with van der Waals surface area (Å²) in [6.07, 6.45) is -3.55. The summed E-state index contributed by atoms with van der Waals surface area (Å²) in [5.74, 6) is 2.43. The number of hydrogen-bond acceptors (Lipinski definition) is 5. The van der Waals surface area contributed by atoms with Crippen LogP contribution in [0.4, 0.5) is 13.2 Å². The van der Waals surface area contributed by atoms with Crippen LogP contribution in [-0.2, 0) is 6.54 Å². The molecule has 0 radical (unpaired) electrons. The molecule has 2 heterocycles. The van der Waals surface area contributed by atoms with E-state index >= 15 is 0 Å². The molecule has 1 aromatic carbocycles. The van der Waals surface area contributed by atoms with E-state index in [9.17, 15) is 13.2 Å². The number of hydrogen-bond donors (Lipinski definition) is 3. The normalized spacial score (nSPS) is 17.9. The number of halogens is 3. The van der Waals surface area contributed by atoms with Crippen LogP contribution >= 0.6 is 0 Å². The highest BCUT2D eigenvalue weighted by atomic mass is 19.4. The summed E-state index contributed by atoms with van der Waals surface area (Å²) in [7, 11) is 1.60. The van der Waals surface area contributed by atoms with Crippen LogP contribution in [0.5, 0.6) is 5.75 Å². The number of rotatable bonds is 7. The van der Waals surface area contributed by atoms with E-state index in [-0.39, 0.29) is 12.6 Å². The number of likely N-dealkylation sites (tertiary alicyclic amines) is 1. The lowest BCUT2D eigenvalue weighted by molar-refractivity contribution is -0.143. The summed E-state index contributed by atoms with van der Waals surface area (Å²) < 4.78 is 42.8. The molecule has 1 saturated heterocycles. The Hall–Kier alpha value is -2.82. The van der Waals surface area contributed by atoms with Gasteiger partial charge in [0.2, 0.25) is 0 Å². The fourth-order valence-electron chi connectivity index (χ4n) is 3.25. The van der Waals surface area contributed by atoms with E-state index in [1.165, 1.54) is 4.90 Å². The minimum Gasteiger partial charge on any atom is -0.497 e. The van der Waals surface area contributed by atoms with Gasteiger partial charge in [-0.2, -0.15) is 18.3 Å². The predicted molar refractivity (Wildman–Crippen MR) is 107 cm³/mol. The molecular weight excluding hydrogens is 399 g/mol. The number of aliphatic imine (C=N–C) groups is 1. The number of ether oxygens (including phenoxy) is 1. The van der Waals surface area contributed by atoms with Crippen molar-refractivity contribution in [3.05, 3.63) is 30.1 Å². The van der Waals surface area contributed by atoms with Crippen LogP contribution in [0, 0.1) is 0 Å². The molecule has 30 heavy (non-hydrogen) atoms. The Bertz CT molecular complexity index is 835. The first kappa shape index (κ1) is 21.9. The van der Waals surface area contributed by atoms with Crippen molar-refractivity contribution in [3.8, 4) is 17.1 Å². The zero-order valence-electron chi connectivity index (χ0n) is 17.0. The first-order chi connectivity index (χ1) is 14.4. The number of aromatic nitrogens is 3. The van der Waals surface area contributed by atoms with Gasteiger partial charge < -0.3 is 15.4 Å². The van der Waals surface area contributed by atoms with Gasteiger partial charge in [-0.3, -0.25) is 10.00 Å². The summed E-state index contributed by atoms with van der Waals surface area (Å²) >= 11 is 0. The van der Waals surface area contributed by atoms with Crippen molar-refractivity contribution in [1.82, 2.24) is 30.7 Å². The first-order valence-electron chi connectivity index (χ1n) is 9.76. The lowest BCUT2D eigenvalue weighted by Gasteiger charge is -2.19. The quantitative estimate of drug-likeness (QED) is 0.465. The zero-order chi connectivity index (χ0) is 21.6. The Morgan fingerprint density at radius 3 is 2.77 bits per heavy atom. The molecule has 1 fully saturated rings. The maximum absolute atomic E-state index is 12.6. The molecule has 164 valence electrons. The Kier molecular flexibility index (Phi) is 7.14. The lowest BCUT2D eigenvalue weighted by atomic mass is 10.2. The second-order valence-electron chi connectivity index (χ2n) is 7.01. The molecule has 3 N–H and O–H groups in total. The van der Waals surface area contributed by atoms with E-state index in [1.807, 2.05) is 31.2 Å².